The molecule has 1 aliphatic rings. The summed E-state index contributed by atoms with van der Waals surface area (Å²) in [5.41, 5.74) is 1.21. The van der Waals surface area contributed by atoms with Gasteiger partial charge in [-0.05, 0) is 30.7 Å². The zero-order valence-corrected chi connectivity index (χ0v) is 13.0. The highest BCUT2D eigenvalue weighted by Gasteiger charge is 2.16. The Kier molecular flexibility index (Phi) is 4.06. The molecular formula is C17H18N2O4. The Bertz CT molecular complexity index is 797. The van der Waals surface area contributed by atoms with Crippen molar-refractivity contribution in [2.24, 2.45) is 7.05 Å². The number of nitrogens with one attached hydrogen (secondary N) is 1. The first-order valence-corrected chi connectivity index (χ1v) is 7.41. The van der Waals surface area contributed by atoms with Crippen LogP contribution in [0.5, 0.6) is 11.5 Å². The first kappa shape index (κ1) is 15.1. The number of pyridine rings is 1. The van der Waals surface area contributed by atoms with E-state index in [0.29, 0.717) is 24.5 Å². The fraction of sp³-hybridized carbons (Fsp3) is 0.294. The minimum absolute atomic E-state index is 0.151. The summed E-state index contributed by atoms with van der Waals surface area (Å²) < 4.78 is 12.4. The molecule has 1 N–H and O–H groups in total. The number of nitrogens with zero attached hydrogens (tertiary/aromatic N) is 1. The number of aryl methyl sites for hydroxylation is 1. The molecule has 0 saturated heterocycles. The lowest BCUT2D eigenvalue weighted by atomic mass is 10.1. The second kappa shape index (κ2) is 6.16. The van der Waals surface area contributed by atoms with Crippen LogP contribution in [-0.4, -0.2) is 23.7 Å². The van der Waals surface area contributed by atoms with Crippen molar-refractivity contribution in [3.05, 3.63) is 58.0 Å². The number of ether oxygens (including phenoxy) is 2. The molecule has 0 bridgehead atoms. The van der Waals surface area contributed by atoms with E-state index < -0.39 is 0 Å². The van der Waals surface area contributed by atoms with Gasteiger partial charge in [-0.15, -0.1) is 0 Å². The lowest BCUT2D eigenvalue weighted by molar-refractivity contribution is 0.0939. The Morgan fingerprint density at radius 2 is 1.91 bits per heavy atom. The smallest absolute Gasteiger partial charge is 0.253 e. The van der Waals surface area contributed by atoms with Crippen LogP contribution < -0.4 is 20.3 Å². The molecule has 23 heavy (non-hydrogen) atoms. The van der Waals surface area contributed by atoms with Crippen molar-refractivity contribution in [2.75, 3.05) is 13.2 Å². The molecule has 1 amide bonds. The molecule has 0 radical (unpaired) electrons. The molecule has 3 rings (SSSR count). The minimum atomic E-state index is -0.233. The first-order chi connectivity index (χ1) is 11.0. The summed E-state index contributed by atoms with van der Waals surface area (Å²) in [5.74, 6) is 1.18. The van der Waals surface area contributed by atoms with Gasteiger partial charge in [-0.25, -0.2) is 0 Å². The third-order valence-electron chi connectivity index (χ3n) is 3.76. The van der Waals surface area contributed by atoms with Gasteiger partial charge < -0.3 is 19.4 Å². The Balaban J connectivity index is 1.75. The van der Waals surface area contributed by atoms with Gasteiger partial charge in [0.1, 0.15) is 13.2 Å². The summed E-state index contributed by atoms with van der Waals surface area (Å²) >= 11 is 0. The van der Waals surface area contributed by atoms with E-state index in [-0.39, 0.29) is 17.5 Å². The van der Waals surface area contributed by atoms with Crippen molar-refractivity contribution < 1.29 is 14.3 Å². The number of hydrogen-bond acceptors (Lipinski definition) is 4. The predicted octanol–water partition coefficient (Wildman–Crippen LogP) is 1.65. The van der Waals surface area contributed by atoms with Gasteiger partial charge in [0.05, 0.1) is 11.6 Å². The third kappa shape index (κ3) is 3.21. The van der Waals surface area contributed by atoms with Crippen LogP contribution in [0.4, 0.5) is 0 Å². The Hall–Kier alpha value is -2.76. The van der Waals surface area contributed by atoms with Gasteiger partial charge in [-0.2, -0.15) is 0 Å². The van der Waals surface area contributed by atoms with Crippen LogP contribution in [0.15, 0.2) is 41.3 Å². The summed E-state index contributed by atoms with van der Waals surface area (Å²) in [7, 11) is 1.61. The SMILES string of the molecule is CC(NC(=O)c1ccc(=O)n(C)c1)c1ccc2c(c1)OCCO2. The monoisotopic (exact) mass is 314 g/mol. The number of carbonyl (C=O) groups excluding carboxylic acids is 1. The molecule has 0 aliphatic carbocycles. The molecule has 1 aromatic carbocycles. The molecule has 1 aromatic heterocycles. The fourth-order valence-corrected chi connectivity index (χ4v) is 2.42. The Morgan fingerprint density at radius 3 is 2.65 bits per heavy atom. The summed E-state index contributed by atoms with van der Waals surface area (Å²) in [4.78, 5) is 23.7. The normalized spacial score (nSPS) is 14.2. The lowest BCUT2D eigenvalue weighted by Crippen LogP contribution is -2.28. The molecular weight excluding hydrogens is 296 g/mol. The van der Waals surface area contributed by atoms with E-state index in [1.807, 2.05) is 25.1 Å². The van der Waals surface area contributed by atoms with E-state index in [1.54, 1.807) is 7.05 Å². The van der Waals surface area contributed by atoms with Crippen LogP contribution in [0.2, 0.25) is 0 Å². The van der Waals surface area contributed by atoms with Crippen LogP contribution >= 0.6 is 0 Å². The highest BCUT2D eigenvalue weighted by Crippen LogP contribution is 2.32. The van der Waals surface area contributed by atoms with Crippen LogP contribution in [-0.2, 0) is 7.05 Å². The summed E-state index contributed by atoms with van der Waals surface area (Å²) in [6, 6.07) is 8.33. The molecule has 0 spiro atoms. The Labute approximate surface area is 133 Å². The molecule has 1 atom stereocenters. The molecule has 1 aliphatic heterocycles. The van der Waals surface area contributed by atoms with Crippen molar-refractivity contribution in [3.8, 4) is 11.5 Å². The first-order valence-electron chi connectivity index (χ1n) is 7.41. The van der Waals surface area contributed by atoms with E-state index in [9.17, 15) is 9.59 Å². The minimum Gasteiger partial charge on any atom is -0.486 e. The fourth-order valence-electron chi connectivity index (χ4n) is 2.42. The predicted molar refractivity (Wildman–Crippen MR) is 85.0 cm³/mol. The number of hydrogen-bond donors (Lipinski definition) is 1. The zero-order valence-electron chi connectivity index (χ0n) is 13.0. The quantitative estimate of drug-likeness (QED) is 0.935. The zero-order chi connectivity index (χ0) is 16.4. The van der Waals surface area contributed by atoms with E-state index >= 15 is 0 Å². The maximum Gasteiger partial charge on any atom is 0.253 e. The van der Waals surface area contributed by atoms with Gasteiger partial charge in [0, 0.05) is 19.3 Å². The van der Waals surface area contributed by atoms with Gasteiger partial charge in [-0.3, -0.25) is 9.59 Å². The van der Waals surface area contributed by atoms with E-state index in [2.05, 4.69) is 5.32 Å². The highest BCUT2D eigenvalue weighted by atomic mass is 16.6. The topological polar surface area (TPSA) is 69.6 Å². The van der Waals surface area contributed by atoms with Gasteiger partial charge in [0.25, 0.3) is 5.91 Å². The van der Waals surface area contributed by atoms with Gasteiger partial charge in [-0.1, -0.05) is 6.07 Å². The lowest BCUT2D eigenvalue weighted by Gasteiger charge is -2.21. The maximum absolute atomic E-state index is 12.3. The summed E-state index contributed by atoms with van der Waals surface area (Å²) in [6.07, 6.45) is 1.52. The van der Waals surface area contributed by atoms with Crippen molar-refractivity contribution in [1.29, 1.82) is 0 Å². The average molecular weight is 314 g/mol. The highest BCUT2D eigenvalue weighted by molar-refractivity contribution is 5.94. The molecule has 0 saturated carbocycles. The molecule has 1 unspecified atom stereocenters. The number of benzene rings is 1. The second-order valence-electron chi connectivity index (χ2n) is 5.47. The number of carbonyl (C=O) groups is 1. The molecule has 6 heteroatoms. The van der Waals surface area contributed by atoms with Crippen LogP contribution in [0, 0.1) is 0 Å². The van der Waals surface area contributed by atoms with E-state index in [0.717, 1.165) is 11.3 Å². The maximum atomic E-state index is 12.3. The van der Waals surface area contributed by atoms with Gasteiger partial charge in [0.15, 0.2) is 11.5 Å². The van der Waals surface area contributed by atoms with E-state index in [1.165, 1.54) is 22.9 Å². The number of aromatic nitrogens is 1. The third-order valence-corrected chi connectivity index (χ3v) is 3.76. The summed E-state index contributed by atoms with van der Waals surface area (Å²) in [6.45, 7) is 2.96. The molecule has 120 valence electrons. The number of rotatable bonds is 3. The summed E-state index contributed by atoms with van der Waals surface area (Å²) in [5, 5.41) is 2.92. The van der Waals surface area contributed by atoms with Crippen LogP contribution in [0.3, 0.4) is 0 Å². The van der Waals surface area contributed by atoms with Crippen molar-refractivity contribution >= 4 is 5.91 Å². The largest absolute Gasteiger partial charge is 0.486 e. The van der Waals surface area contributed by atoms with E-state index in [4.69, 9.17) is 9.47 Å². The molecule has 2 heterocycles. The van der Waals surface area contributed by atoms with Crippen LogP contribution in [0.25, 0.3) is 0 Å². The number of amides is 1. The molecule has 2 aromatic rings. The standard InChI is InChI=1S/C17H18N2O4/c1-11(12-3-5-14-15(9-12)23-8-7-22-14)18-17(21)13-4-6-16(20)19(2)10-13/h3-6,9-11H,7-8H2,1-2H3,(H,18,21). The van der Waals surface area contributed by atoms with Crippen LogP contribution in [0.1, 0.15) is 28.9 Å². The molecule has 0 fully saturated rings. The average Bonchev–Trinajstić information content (AvgIpc) is 2.56. The Morgan fingerprint density at radius 1 is 1.17 bits per heavy atom. The van der Waals surface area contributed by atoms with Crippen molar-refractivity contribution in [2.45, 2.75) is 13.0 Å². The van der Waals surface area contributed by atoms with Crippen molar-refractivity contribution in [1.82, 2.24) is 9.88 Å². The molecule has 6 nitrogen and oxygen atoms in total. The van der Waals surface area contributed by atoms with Gasteiger partial charge >= 0.3 is 0 Å². The second-order valence-corrected chi connectivity index (χ2v) is 5.47. The van der Waals surface area contributed by atoms with Crippen molar-refractivity contribution in [3.63, 3.8) is 0 Å². The number of fused-ring (bicyclic) bond motifs is 1. The van der Waals surface area contributed by atoms with Gasteiger partial charge in [0.2, 0.25) is 5.56 Å².